The number of hydrogen-bond acceptors (Lipinski definition) is 4. The molecule has 1 saturated heterocycles. The molecule has 1 unspecified atom stereocenters. The smallest absolute Gasteiger partial charge is 0.406 e. The van der Waals surface area contributed by atoms with E-state index in [2.05, 4.69) is 17.0 Å². The van der Waals surface area contributed by atoms with Crippen LogP contribution in [-0.2, 0) is 16.0 Å². The van der Waals surface area contributed by atoms with Gasteiger partial charge in [0.1, 0.15) is 11.5 Å². The quantitative estimate of drug-likeness (QED) is 0.808. The van der Waals surface area contributed by atoms with Gasteiger partial charge in [0.15, 0.2) is 0 Å². The molecule has 1 fully saturated rings. The van der Waals surface area contributed by atoms with E-state index in [1.807, 2.05) is 17.0 Å². The van der Waals surface area contributed by atoms with Crippen molar-refractivity contribution in [3.8, 4) is 0 Å². The number of nitrogens with one attached hydrogen (secondary N) is 1. The summed E-state index contributed by atoms with van der Waals surface area (Å²) in [5.74, 6) is 1.99. The molecule has 1 aromatic heterocycles. The van der Waals surface area contributed by atoms with Crippen LogP contribution in [0.3, 0.4) is 0 Å². The first-order chi connectivity index (χ1) is 11.7. The van der Waals surface area contributed by atoms with Crippen LogP contribution in [0.2, 0.25) is 0 Å². The van der Waals surface area contributed by atoms with Crippen LogP contribution in [0.4, 0.5) is 4.79 Å². The van der Waals surface area contributed by atoms with Crippen molar-refractivity contribution in [3.05, 3.63) is 23.7 Å². The molecule has 1 aliphatic rings. The zero-order valence-corrected chi connectivity index (χ0v) is 14.7. The summed E-state index contributed by atoms with van der Waals surface area (Å²) in [6, 6.07) is 4.05. The van der Waals surface area contributed by atoms with E-state index in [-0.39, 0.29) is 11.9 Å². The SMILES string of the molecule is CCc1ccc(C2CCCCCN2C(=O)CCCNC(=O)OC)o1. The molecule has 24 heavy (non-hydrogen) atoms. The number of methoxy groups -OCH3 is 1. The molecule has 1 aromatic rings. The van der Waals surface area contributed by atoms with Gasteiger partial charge in [-0.1, -0.05) is 19.8 Å². The Morgan fingerprint density at radius 3 is 2.88 bits per heavy atom. The number of nitrogens with zero attached hydrogens (tertiary/aromatic N) is 1. The van der Waals surface area contributed by atoms with Crippen LogP contribution in [0.25, 0.3) is 0 Å². The third kappa shape index (κ3) is 5.01. The van der Waals surface area contributed by atoms with E-state index in [1.54, 1.807) is 0 Å². The van der Waals surface area contributed by atoms with Gasteiger partial charge in [0, 0.05) is 25.9 Å². The average Bonchev–Trinajstić information content (AvgIpc) is 2.94. The normalized spacial score (nSPS) is 18.1. The Hall–Kier alpha value is -1.98. The summed E-state index contributed by atoms with van der Waals surface area (Å²) < 4.78 is 10.4. The van der Waals surface area contributed by atoms with E-state index in [1.165, 1.54) is 7.11 Å². The lowest BCUT2D eigenvalue weighted by Gasteiger charge is -2.29. The molecule has 1 N–H and O–H groups in total. The Balaban J connectivity index is 1.95. The lowest BCUT2D eigenvalue weighted by Crippen LogP contribution is -2.35. The van der Waals surface area contributed by atoms with Gasteiger partial charge in [0.2, 0.25) is 5.91 Å². The first-order valence-corrected chi connectivity index (χ1v) is 8.85. The number of aryl methyl sites for hydroxylation is 1. The molecule has 2 heterocycles. The summed E-state index contributed by atoms with van der Waals surface area (Å²) >= 11 is 0. The maximum absolute atomic E-state index is 12.7. The molecule has 2 amide bonds. The molecule has 2 rings (SSSR count). The summed E-state index contributed by atoms with van der Waals surface area (Å²) in [6.45, 7) is 3.28. The molecule has 0 aromatic carbocycles. The van der Waals surface area contributed by atoms with Crippen LogP contribution in [0.1, 0.15) is 63.0 Å². The Morgan fingerprint density at radius 1 is 1.33 bits per heavy atom. The number of rotatable bonds is 6. The van der Waals surface area contributed by atoms with Gasteiger partial charge in [-0.05, 0) is 31.4 Å². The number of carbonyl (C=O) groups is 2. The molecular formula is C18H28N2O4. The van der Waals surface area contributed by atoms with Gasteiger partial charge in [0.25, 0.3) is 0 Å². The Labute approximate surface area is 143 Å². The van der Waals surface area contributed by atoms with E-state index < -0.39 is 6.09 Å². The van der Waals surface area contributed by atoms with E-state index in [9.17, 15) is 9.59 Å². The molecule has 1 aliphatic heterocycles. The number of ether oxygens (including phenoxy) is 1. The summed E-state index contributed by atoms with van der Waals surface area (Å²) in [5, 5.41) is 2.61. The van der Waals surface area contributed by atoms with E-state index >= 15 is 0 Å². The second-order valence-electron chi connectivity index (χ2n) is 6.13. The molecular weight excluding hydrogens is 308 g/mol. The minimum atomic E-state index is -0.460. The number of carbonyl (C=O) groups excluding carboxylic acids is 2. The second-order valence-corrected chi connectivity index (χ2v) is 6.13. The summed E-state index contributed by atoms with van der Waals surface area (Å²) in [5.41, 5.74) is 0. The Kier molecular flexibility index (Phi) is 7.15. The van der Waals surface area contributed by atoms with Crippen LogP contribution in [-0.4, -0.2) is 37.1 Å². The maximum Gasteiger partial charge on any atom is 0.406 e. The topological polar surface area (TPSA) is 71.8 Å². The molecule has 0 bridgehead atoms. The minimum Gasteiger partial charge on any atom is -0.464 e. The van der Waals surface area contributed by atoms with E-state index in [0.29, 0.717) is 19.4 Å². The third-order valence-electron chi connectivity index (χ3n) is 4.45. The number of likely N-dealkylation sites (tertiary alicyclic amines) is 1. The zero-order valence-electron chi connectivity index (χ0n) is 14.7. The van der Waals surface area contributed by atoms with Crippen LogP contribution in [0, 0.1) is 0 Å². The molecule has 0 spiro atoms. The van der Waals surface area contributed by atoms with Crippen molar-refractivity contribution in [1.29, 1.82) is 0 Å². The largest absolute Gasteiger partial charge is 0.464 e. The van der Waals surface area contributed by atoms with Gasteiger partial charge in [-0.2, -0.15) is 0 Å². The monoisotopic (exact) mass is 336 g/mol. The summed E-state index contributed by atoms with van der Waals surface area (Å²) in [6.07, 6.45) is 5.66. The van der Waals surface area contributed by atoms with Crippen molar-refractivity contribution in [2.24, 2.45) is 0 Å². The van der Waals surface area contributed by atoms with Crippen LogP contribution < -0.4 is 5.32 Å². The fourth-order valence-electron chi connectivity index (χ4n) is 3.11. The predicted molar refractivity (Wildman–Crippen MR) is 90.6 cm³/mol. The predicted octanol–water partition coefficient (Wildman–Crippen LogP) is 3.42. The van der Waals surface area contributed by atoms with Crippen LogP contribution >= 0.6 is 0 Å². The van der Waals surface area contributed by atoms with Gasteiger partial charge in [-0.3, -0.25) is 4.79 Å². The molecule has 0 saturated carbocycles. The molecule has 0 aliphatic carbocycles. The number of hydrogen-bond donors (Lipinski definition) is 1. The van der Waals surface area contributed by atoms with E-state index in [0.717, 1.165) is 50.2 Å². The average molecular weight is 336 g/mol. The van der Waals surface area contributed by atoms with Crippen molar-refractivity contribution >= 4 is 12.0 Å². The third-order valence-corrected chi connectivity index (χ3v) is 4.45. The molecule has 1 atom stereocenters. The van der Waals surface area contributed by atoms with Crippen molar-refractivity contribution in [2.75, 3.05) is 20.2 Å². The van der Waals surface area contributed by atoms with Gasteiger partial charge < -0.3 is 19.4 Å². The second kappa shape index (κ2) is 9.35. The highest BCUT2D eigenvalue weighted by molar-refractivity contribution is 5.76. The number of furan rings is 1. The molecule has 134 valence electrons. The lowest BCUT2D eigenvalue weighted by molar-refractivity contribution is -0.134. The highest BCUT2D eigenvalue weighted by Gasteiger charge is 2.28. The maximum atomic E-state index is 12.7. The number of amides is 2. The fourth-order valence-corrected chi connectivity index (χ4v) is 3.11. The van der Waals surface area contributed by atoms with E-state index in [4.69, 9.17) is 4.42 Å². The Bertz CT molecular complexity index is 541. The van der Waals surface area contributed by atoms with Crippen molar-refractivity contribution in [3.63, 3.8) is 0 Å². The molecule has 0 radical (unpaired) electrons. The van der Waals surface area contributed by atoms with Gasteiger partial charge in [-0.25, -0.2) is 4.79 Å². The van der Waals surface area contributed by atoms with Crippen molar-refractivity contribution < 1.29 is 18.7 Å². The van der Waals surface area contributed by atoms with Crippen LogP contribution in [0.15, 0.2) is 16.5 Å². The number of alkyl carbamates (subject to hydrolysis) is 1. The lowest BCUT2D eigenvalue weighted by atomic mass is 10.1. The van der Waals surface area contributed by atoms with Crippen molar-refractivity contribution in [1.82, 2.24) is 10.2 Å². The summed E-state index contributed by atoms with van der Waals surface area (Å²) in [4.78, 5) is 25.7. The van der Waals surface area contributed by atoms with Crippen LogP contribution in [0.5, 0.6) is 0 Å². The van der Waals surface area contributed by atoms with Gasteiger partial charge in [0.05, 0.1) is 13.2 Å². The standard InChI is InChI=1S/C18H28N2O4/c1-3-14-10-11-16(24-14)15-8-5-4-6-13-20(15)17(21)9-7-12-19-18(22)23-2/h10-11,15H,3-9,12-13H2,1-2H3,(H,19,22). The zero-order chi connectivity index (χ0) is 17.4. The summed E-state index contributed by atoms with van der Waals surface area (Å²) in [7, 11) is 1.33. The highest BCUT2D eigenvalue weighted by atomic mass is 16.5. The minimum absolute atomic E-state index is 0.0360. The molecule has 6 heteroatoms. The van der Waals surface area contributed by atoms with Crippen molar-refractivity contribution in [2.45, 2.75) is 57.9 Å². The molecule has 6 nitrogen and oxygen atoms in total. The first kappa shape index (κ1) is 18.4. The fraction of sp³-hybridized carbons (Fsp3) is 0.667. The first-order valence-electron chi connectivity index (χ1n) is 8.85. The van der Waals surface area contributed by atoms with Gasteiger partial charge in [-0.15, -0.1) is 0 Å². The van der Waals surface area contributed by atoms with Gasteiger partial charge >= 0.3 is 6.09 Å². The highest BCUT2D eigenvalue weighted by Crippen LogP contribution is 2.32. The Morgan fingerprint density at radius 2 is 2.17 bits per heavy atom.